The van der Waals surface area contributed by atoms with Crippen molar-refractivity contribution >= 4 is 11.4 Å². The first kappa shape index (κ1) is 12.8. The monoisotopic (exact) mass is 226 g/mol. The smallest absolute Gasteiger partial charge is 0.125 e. The third-order valence-electron chi connectivity index (χ3n) is 2.58. The summed E-state index contributed by atoms with van der Waals surface area (Å²) in [6.07, 6.45) is 0. The SMILES string of the molecule is CCN(c1cc(F)ccc1N)C(C)COC. The van der Waals surface area contributed by atoms with Crippen molar-refractivity contribution in [2.75, 3.05) is 30.9 Å². The lowest BCUT2D eigenvalue weighted by molar-refractivity contribution is 0.182. The molecule has 4 heteroatoms. The van der Waals surface area contributed by atoms with Gasteiger partial charge in [-0.05, 0) is 32.0 Å². The number of nitrogens with zero attached hydrogens (tertiary/aromatic N) is 1. The number of hydrogen-bond donors (Lipinski definition) is 1. The van der Waals surface area contributed by atoms with Gasteiger partial charge < -0.3 is 15.4 Å². The van der Waals surface area contributed by atoms with E-state index < -0.39 is 0 Å². The zero-order valence-corrected chi connectivity index (χ0v) is 10.0. The molecule has 2 N–H and O–H groups in total. The minimum atomic E-state index is -0.271. The van der Waals surface area contributed by atoms with E-state index in [1.807, 2.05) is 18.7 Å². The number of nitrogen functional groups attached to an aromatic ring is 1. The van der Waals surface area contributed by atoms with Gasteiger partial charge in [0.25, 0.3) is 0 Å². The lowest BCUT2D eigenvalue weighted by atomic mass is 10.2. The second-order valence-electron chi connectivity index (χ2n) is 3.79. The van der Waals surface area contributed by atoms with Crippen LogP contribution in [0.25, 0.3) is 0 Å². The summed E-state index contributed by atoms with van der Waals surface area (Å²) >= 11 is 0. The van der Waals surface area contributed by atoms with Gasteiger partial charge in [0.2, 0.25) is 0 Å². The van der Waals surface area contributed by atoms with Crippen LogP contribution in [0.1, 0.15) is 13.8 Å². The third kappa shape index (κ3) is 2.85. The normalized spacial score (nSPS) is 12.5. The van der Waals surface area contributed by atoms with E-state index in [-0.39, 0.29) is 11.9 Å². The fraction of sp³-hybridized carbons (Fsp3) is 0.500. The molecule has 0 aliphatic carbocycles. The zero-order valence-electron chi connectivity index (χ0n) is 10.0. The molecule has 1 aromatic rings. The quantitative estimate of drug-likeness (QED) is 0.783. The van der Waals surface area contributed by atoms with Crippen LogP contribution in [-0.4, -0.2) is 26.3 Å². The predicted molar refractivity (Wildman–Crippen MR) is 65.2 cm³/mol. The maximum absolute atomic E-state index is 13.2. The van der Waals surface area contributed by atoms with Gasteiger partial charge in [-0.2, -0.15) is 0 Å². The first-order chi connectivity index (χ1) is 7.60. The van der Waals surface area contributed by atoms with Crippen LogP contribution in [0.15, 0.2) is 18.2 Å². The van der Waals surface area contributed by atoms with E-state index >= 15 is 0 Å². The molecule has 90 valence electrons. The largest absolute Gasteiger partial charge is 0.397 e. The van der Waals surface area contributed by atoms with Crippen molar-refractivity contribution in [3.8, 4) is 0 Å². The summed E-state index contributed by atoms with van der Waals surface area (Å²) in [7, 11) is 1.65. The van der Waals surface area contributed by atoms with E-state index in [0.717, 1.165) is 12.2 Å². The number of ether oxygens (including phenoxy) is 1. The fourth-order valence-electron chi connectivity index (χ4n) is 1.82. The fourth-order valence-corrected chi connectivity index (χ4v) is 1.82. The van der Waals surface area contributed by atoms with E-state index in [4.69, 9.17) is 10.5 Å². The average molecular weight is 226 g/mol. The highest BCUT2D eigenvalue weighted by Crippen LogP contribution is 2.25. The van der Waals surface area contributed by atoms with Crippen molar-refractivity contribution in [1.29, 1.82) is 0 Å². The minimum Gasteiger partial charge on any atom is -0.397 e. The number of anilines is 2. The molecule has 1 unspecified atom stereocenters. The van der Waals surface area contributed by atoms with Crippen LogP contribution < -0.4 is 10.6 Å². The molecule has 0 fully saturated rings. The van der Waals surface area contributed by atoms with Crippen LogP contribution in [0.5, 0.6) is 0 Å². The van der Waals surface area contributed by atoms with Crippen LogP contribution in [-0.2, 0) is 4.74 Å². The molecule has 0 amide bonds. The molecular formula is C12H19FN2O. The summed E-state index contributed by atoms with van der Waals surface area (Å²) in [5.74, 6) is -0.271. The molecule has 0 aliphatic rings. The average Bonchev–Trinajstić information content (AvgIpc) is 2.24. The first-order valence-electron chi connectivity index (χ1n) is 5.40. The van der Waals surface area contributed by atoms with Gasteiger partial charge in [-0.3, -0.25) is 0 Å². The highest BCUT2D eigenvalue weighted by atomic mass is 19.1. The number of hydrogen-bond acceptors (Lipinski definition) is 3. The summed E-state index contributed by atoms with van der Waals surface area (Å²) in [5, 5.41) is 0. The number of methoxy groups -OCH3 is 1. The van der Waals surface area contributed by atoms with E-state index in [1.54, 1.807) is 13.2 Å². The second kappa shape index (κ2) is 5.70. The van der Waals surface area contributed by atoms with Crippen LogP contribution >= 0.6 is 0 Å². The minimum absolute atomic E-state index is 0.166. The van der Waals surface area contributed by atoms with E-state index in [1.165, 1.54) is 12.1 Å². The maximum atomic E-state index is 13.2. The van der Waals surface area contributed by atoms with Gasteiger partial charge in [0.1, 0.15) is 5.82 Å². The summed E-state index contributed by atoms with van der Waals surface area (Å²) in [6.45, 7) is 5.38. The molecule has 0 spiro atoms. The lowest BCUT2D eigenvalue weighted by Gasteiger charge is -2.30. The molecule has 0 saturated carbocycles. The van der Waals surface area contributed by atoms with E-state index in [9.17, 15) is 4.39 Å². The van der Waals surface area contributed by atoms with Gasteiger partial charge in [-0.25, -0.2) is 4.39 Å². The van der Waals surface area contributed by atoms with Crippen LogP contribution in [0.2, 0.25) is 0 Å². The molecule has 16 heavy (non-hydrogen) atoms. The van der Waals surface area contributed by atoms with Crippen molar-refractivity contribution in [3.05, 3.63) is 24.0 Å². The Kier molecular flexibility index (Phi) is 4.55. The van der Waals surface area contributed by atoms with Crippen molar-refractivity contribution in [1.82, 2.24) is 0 Å². The number of halogens is 1. The molecule has 1 rings (SSSR count). The molecule has 0 aliphatic heterocycles. The van der Waals surface area contributed by atoms with Crippen LogP contribution in [0.4, 0.5) is 15.8 Å². The lowest BCUT2D eigenvalue weighted by Crippen LogP contribution is -2.36. The maximum Gasteiger partial charge on any atom is 0.125 e. The highest BCUT2D eigenvalue weighted by molar-refractivity contribution is 5.67. The molecule has 1 aromatic carbocycles. The highest BCUT2D eigenvalue weighted by Gasteiger charge is 2.15. The van der Waals surface area contributed by atoms with Gasteiger partial charge in [0.15, 0.2) is 0 Å². The van der Waals surface area contributed by atoms with Gasteiger partial charge >= 0.3 is 0 Å². The standard InChI is InChI=1S/C12H19FN2O/c1-4-15(9(2)8-16-3)12-7-10(13)5-6-11(12)14/h5-7,9H,4,8,14H2,1-3H3. The van der Waals surface area contributed by atoms with Crippen molar-refractivity contribution in [2.24, 2.45) is 0 Å². The molecular weight excluding hydrogens is 207 g/mol. The third-order valence-corrected chi connectivity index (χ3v) is 2.58. The Labute approximate surface area is 96.0 Å². The van der Waals surface area contributed by atoms with Gasteiger partial charge in [-0.15, -0.1) is 0 Å². The Bertz CT molecular complexity index is 344. The van der Waals surface area contributed by atoms with Crippen LogP contribution in [0, 0.1) is 5.82 Å². The van der Waals surface area contributed by atoms with Gasteiger partial charge in [-0.1, -0.05) is 0 Å². The molecule has 0 saturated heterocycles. The van der Waals surface area contributed by atoms with Gasteiger partial charge in [0, 0.05) is 19.7 Å². The van der Waals surface area contributed by atoms with Crippen LogP contribution in [0.3, 0.4) is 0 Å². The summed E-state index contributed by atoms with van der Waals surface area (Å²) in [5.41, 5.74) is 7.17. The van der Waals surface area contributed by atoms with Crippen molar-refractivity contribution in [3.63, 3.8) is 0 Å². The van der Waals surface area contributed by atoms with E-state index in [2.05, 4.69) is 0 Å². The summed E-state index contributed by atoms with van der Waals surface area (Å²) in [4.78, 5) is 2.03. The number of nitrogens with two attached hydrogens (primary N) is 1. The Morgan fingerprint density at radius 3 is 2.75 bits per heavy atom. The molecule has 0 radical (unpaired) electrons. The van der Waals surface area contributed by atoms with Crippen molar-refractivity contribution < 1.29 is 9.13 Å². The molecule has 1 atom stereocenters. The molecule has 0 bridgehead atoms. The second-order valence-corrected chi connectivity index (χ2v) is 3.79. The molecule has 0 aromatic heterocycles. The number of benzene rings is 1. The Balaban J connectivity index is 2.98. The summed E-state index contributed by atoms with van der Waals surface area (Å²) < 4.78 is 18.3. The number of likely N-dealkylation sites (N-methyl/N-ethyl adjacent to an activating group) is 1. The number of rotatable bonds is 5. The molecule has 0 heterocycles. The van der Waals surface area contributed by atoms with Gasteiger partial charge in [0.05, 0.1) is 18.0 Å². The van der Waals surface area contributed by atoms with Crippen molar-refractivity contribution in [2.45, 2.75) is 19.9 Å². The first-order valence-corrected chi connectivity index (χ1v) is 5.40. The zero-order chi connectivity index (χ0) is 12.1. The Morgan fingerprint density at radius 2 is 2.19 bits per heavy atom. The molecule has 3 nitrogen and oxygen atoms in total. The predicted octanol–water partition coefficient (Wildman–Crippen LogP) is 2.27. The Morgan fingerprint density at radius 1 is 1.50 bits per heavy atom. The summed E-state index contributed by atoms with van der Waals surface area (Å²) in [6, 6.07) is 4.59. The topological polar surface area (TPSA) is 38.5 Å². The Hall–Kier alpha value is -1.29. The van der Waals surface area contributed by atoms with E-state index in [0.29, 0.717) is 12.3 Å².